The minimum atomic E-state index is 0.0341. The van der Waals surface area contributed by atoms with Crippen LogP contribution in [0.2, 0.25) is 0 Å². The van der Waals surface area contributed by atoms with Crippen LogP contribution in [0.4, 0.5) is 0 Å². The van der Waals surface area contributed by atoms with Gasteiger partial charge >= 0.3 is 6.41 Å². The minimum absolute atomic E-state index is 0.0341. The number of hydrazine groups is 1. The van der Waals surface area contributed by atoms with E-state index < -0.39 is 0 Å². The van der Waals surface area contributed by atoms with E-state index >= 15 is 0 Å². The van der Waals surface area contributed by atoms with Crippen LogP contribution in [0.1, 0.15) is 26.2 Å². The highest BCUT2D eigenvalue weighted by molar-refractivity contribution is 5.78. The lowest BCUT2D eigenvalue weighted by Gasteiger charge is -2.26. The van der Waals surface area contributed by atoms with Crippen molar-refractivity contribution in [2.24, 2.45) is 0 Å². The third kappa shape index (κ3) is 1.75. The highest BCUT2D eigenvalue weighted by Crippen LogP contribution is 2.11. The van der Waals surface area contributed by atoms with E-state index in [4.69, 9.17) is 0 Å². The molecule has 0 aromatic carbocycles. The molecule has 0 aromatic heterocycles. The molecule has 1 rings (SSSR count). The first kappa shape index (κ1) is 9.03. The summed E-state index contributed by atoms with van der Waals surface area (Å²) in [7, 11) is 0. The molecule has 2 amide bonds. The van der Waals surface area contributed by atoms with E-state index in [0.29, 0.717) is 19.5 Å². The Kier molecular flexibility index (Phi) is 3.08. The largest absolute Gasteiger partial charge is 0.332 e. The van der Waals surface area contributed by atoms with E-state index in [1.54, 1.807) is 6.41 Å². The van der Waals surface area contributed by atoms with E-state index in [1.807, 2.05) is 6.92 Å². The number of carbonyl (C=O) groups excluding carboxylic acids is 2. The summed E-state index contributed by atoms with van der Waals surface area (Å²) in [6.45, 7) is 3.20. The SMILES string of the molecule is CCCN([C]=O)N1CCCC1=O. The van der Waals surface area contributed by atoms with E-state index in [1.165, 1.54) is 10.0 Å². The Morgan fingerprint density at radius 2 is 2.42 bits per heavy atom. The fourth-order valence-electron chi connectivity index (χ4n) is 1.32. The number of amides is 2. The average molecular weight is 169 g/mol. The zero-order valence-electron chi connectivity index (χ0n) is 7.25. The number of carbonyl (C=O) groups is 1. The Hall–Kier alpha value is -1.06. The van der Waals surface area contributed by atoms with E-state index in [0.717, 1.165) is 12.8 Å². The van der Waals surface area contributed by atoms with Gasteiger partial charge in [-0.25, -0.2) is 5.01 Å². The monoisotopic (exact) mass is 169 g/mol. The Morgan fingerprint density at radius 3 is 2.83 bits per heavy atom. The van der Waals surface area contributed by atoms with Gasteiger partial charge in [0.1, 0.15) is 0 Å². The topological polar surface area (TPSA) is 40.6 Å². The van der Waals surface area contributed by atoms with E-state index in [2.05, 4.69) is 0 Å². The van der Waals surface area contributed by atoms with E-state index in [-0.39, 0.29) is 5.91 Å². The number of nitrogens with zero attached hydrogens (tertiary/aromatic N) is 2. The van der Waals surface area contributed by atoms with Crippen molar-refractivity contribution in [1.29, 1.82) is 0 Å². The smallest absolute Gasteiger partial charge is 0.273 e. The summed E-state index contributed by atoms with van der Waals surface area (Å²) in [6.07, 6.45) is 4.02. The van der Waals surface area contributed by atoms with Gasteiger partial charge in [-0.2, -0.15) is 0 Å². The van der Waals surface area contributed by atoms with Crippen molar-refractivity contribution >= 4 is 12.3 Å². The fraction of sp³-hybridized carbons (Fsp3) is 0.750. The molecule has 1 saturated heterocycles. The lowest BCUT2D eigenvalue weighted by atomic mass is 10.4. The highest BCUT2D eigenvalue weighted by Gasteiger charge is 2.25. The molecule has 0 saturated carbocycles. The van der Waals surface area contributed by atoms with Crippen LogP contribution in [0.3, 0.4) is 0 Å². The van der Waals surface area contributed by atoms with Crippen LogP contribution in [0.15, 0.2) is 0 Å². The molecule has 0 spiro atoms. The number of hydrogen-bond donors (Lipinski definition) is 0. The molecule has 67 valence electrons. The molecule has 0 unspecified atom stereocenters. The van der Waals surface area contributed by atoms with Gasteiger partial charge in [0.15, 0.2) is 0 Å². The molecule has 0 atom stereocenters. The summed E-state index contributed by atoms with van der Waals surface area (Å²) in [4.78, 5) is 21.6. The van der Waals surface area contributed by atoms with Crippen molar-refractivity contribution in [3.63, 3.8) is 0 Å². The van der Waals surface area contributed by atoms with Crippen LogP contribution in [0.25, 0.3) is 0 Å². The van der Waals surface area contributed by atoms with Crippen LogP contribution in [-0.2, 0) is 9.59 Å². The number of hydrogen-bond acceptors (Lipinski definition) is 2. The average Bonchev–Trinajstić information content (AvgIpc) is 2.47. The van der Waals surface area contributed by atoms with Gasteiger partial charge in [-0.15, -0.1) is 0 Å². The van der Waals surface area contributed by atoms with Crippen LogP contribution >= 0.6 is 0 Å². The summed E-state index contributed by atoms with van der Waals surface area (Å²) in [5.41, 5.74) is 0. The lowest BCUT2D eigenvalue weighted by molar-refractivity contribution is -0.137. The first-order chi connectivity index (χ1) is 5.79. The van der Waals surface area contributed by atoms with Gasteiger partial charge < -0.3 is 0 Å². The van der Waals surface area contributed by atoms with Gasteiger partial charge in [0.25, 0.3) is 0 Å². The number of rotatable bonds is 4. The first-order valence-electron chi connectivity index (χ1n) is 4.25. The Bertz CT molecular complexity index is 182. The van der Waals surface area contributed by atoms with Gasteiger partial charge in [0.05, 0.1) is 0 Å². The van der Waals surface area contributed by atoms with Crippen molar-refractivity contribution in [3.05, 3.63) is 0 Å². The zero-order chi connectivity index (χ0) is 8.97. The molecule has 4 nitrogen and oxygen atoms in total. The fourth-order valence-corrected chi connectivity index (χ4v) is 1.32. The predicted molar refractivity (Wildman–Crippen MR) is 43.6 cm³/mol. The maximum atomic E-state index is 11.2. The van der Waals surface area contributed by atoms with Crippen LogP contribution in [0.5, 0.6) is 0 Å². The van der Waals surface area contributed by atoms with Crippen molar-refractivity contribution in [2.75, 3.05) is 13.1 Å². The molecule has 4 heteroatoms. The Balaban J connectivity index is 2.52. The van der Waals surface area contributed by atoms with Crippen molar-refractivity contribution in [1.82, 2.24) is 10.0 Å². The lowest BCUT2D eigenvalue weighted by Crippen LogP contribution is -2.42. The van der Waals surface area contributed by atoms with Crippen molar-refractivity contribution in [2.45, 2.75) is 26.2 Å². The molecule has 1 radical (unpaired) electrons. The van der Waals surface area contributed by atoms with Crippen LogP contribution in [-0.4, -0.2) is 35.4 Å². The first-order valence-corrected chi connectivity index (χ1v) is 4.25. The molecule has 0 aliphatic carbocycles. The third-order valence-corrected chi connectivity index (χ3v) is 1.88. The molecule has 1 aliphatic heterocycles. The highest BCUT2D eigenvalue weighted by atomic mass is 16.2. The molecule has 0 bridgehead atoms. The second kappa shape index (κ2) is 4.09. The maximum absolute atomic E-state index is 11.2. The third-order valence-electron chi connectivity index (χ3n) is 1.88. The second-order valence-corrected chi connectivity index (χ2v) is 2.83. The van der Waals surface area contributed by atoms with Crippen molar-refractivity contribution < 1.29 is 9.59 Å². The van der Waals surface area contributed by atoms with Gasteiger partial charge in [0.2, 0.25) is 5.91 Å². The molecule has 12 heavy (non-hydrogen) atoms. The molecule has 0 N–H and O–H groups in total. The summed E-state index contributed by atoms with van der Waals surface area (Å²) >= 11 is 0. The molecule has 0 aromatic rings. The summed E-state index contributed by atoms with van der Waals surface area (Å²) < 4.78 is 0. The van der Waals surface area contributed by atoms with Gasteiger partial charge in [0, 0.05) is 19.5 Å². The standard InChI is InChI=1S/C8H13N2O2/c1-2-5-9(7-11)10-6-3-4-8(10)12/h2-6H2,1H3. The summed E-state index contributed by atoms with van der Waals surface area (Å²) in [6, 6.07) is 0. The zero-order valence-corrected chi connectivity index (χ0v) is 7.25. The van der Waals surface area contributed by atoms with Crippen LogP contribution < -0.4 is 0 Å². The Morgan fingerprint density at radius 1 is 1.67 bits per heavy atom. The molecular weight excluding hydrogens is 156 g/mol. The molecular formula is C8H13N2O2. The van der Waals surface area contributed by atoms with E-state index in [9.17, 15) is 9.59 Å². The predicted octanol–water partition coefficient (Wildman–Crippen LogP) is 0.303. The van der Waals surface area contributed by atoms with Gasteiger partial charge in [-0.05, 0) is 12.8 Å². The minimum Gasteiger partial charge on any atom is -0.273 e. The summed E-state index contributed by atoms with van der Waals surface area (Å²) in [5, 5.41) is 2.83. The van der Waals surface area contributed by atoms with Crippen LogP contribution in [0, 0.1) is 0 Å². The normalized spacial score (nSPS) is 16.8. The van der Waals surface area contributed by atoms with Crippen molar-refractivity contribution in [3.8, 4) is 0 Å². The molecule has 1 fully saturated rings. The quantitative estimate of drug-likeness (QED) is 0.568. The molecule has 1 aliphatic rings. The Labute approximate surface area is 72.1 Å². The maximum Gasteiger partial charge on any atom is 0.332 e. The molecule has 1 heterocycles. The van der Waals surface area contributed by atoms with Gasteiger partial charge in [-0.3, -0.25) is 14.6 Å². The van der Waals surface area contributed by atoms with Gasteiger partial charge in [-0.1, -0.05) is 6.92 Å². The summed E-state index contributed by atoms with van der Waals surface area (Å²) in [5.74, 6) is 0.0341. The second-order valence-electron chi connectivity index (χ2n) is 2.83.